The molecule has 1 aromatic rings. The number of hydrogen-bond acceptors (Lipinski definition) is 3. The zero-order chi connectivity index (χ0) is 15.0. The molecular formula is C17H27NO2. The minimum atomic E-state index is -0.583. The van der Waals surface area contributed by atoms with Crippen LogP contribution < -0.4 is 10.1 Å². The van der Waals surface area contributed by atoms with Gasteiger partial charge in [-0.05, 0) is 37.5 Å². The Balaban J connectivity index is 2.49. The van der Waals surface area contributed by atoms with Crippen LogP contribution in [0.1, 0.15) is 39.2 Å². The first kappa shape index (κ1) is 16.7. The van der Waals surface area contributed by atoms with Crippen LogP contribution in [0.3, 0.4) is 0 Å². The van der Waals surface area contributed by atoms with Gasteiger partial charge in [0.1, 0.15) is 5.75 Å². The van der Waals surface area contributed by atoms with Crippen molar-refractivity contribution in [2.45, 2.75) is 39.2 Å². The number of benzene rings is 1. The van der Waals surface area contributed by atoms with Crippen molar-refractivity contribution in [3.63, 3.8) is 0 Å². The highest BCUT2D eigenvalue weighted by Gasteiger charge is 2.20. The summed E-state index contributed by atoms with van der Waals surface area (Å²) < 4.78 is 5.14. The molecule has 0 bridgehead atoms. The fourth-order valence-corrected chi connectivity index (χ4v) is 2.03. The highest BCUT2D eigenvalue weighted by molar-refractivity contribution is 5.53. The van der Waals surface area contributed by atoms with Crippen LogP contribution in [0, 0.1) is 0 Å². The predicted molar refractivity (Wildman–Crippen MR) is 85.0 cm³/mol. The maximum Gasteiger partial charge on any atom is 0.118 e. The third-order valence-electron chi connectivity index (χ3n) is 3.70. The molecule has 0 heterocycles. The molecule has 0 aromatic heterocycles. The van der Waals surface area contributed by atoms with E-state index in [9.17, 15) is 5.11 Å². The molecule has 3 heteroatoms. The smallest absolute Gasteiger partial charge is 0.118 e. The topological polar surface area (TPSA) is 41.5 Å². The van der Waals surface area contributed by atoms with E-state index in [1.807, 2.05) is 38.1 Å². The molecule has 1 aromatic carbocycles. The van der Waals surface area contributed by atoms with Gasteiger partial charge in [0.05, 0.1) is 12.7 Å². The van der Waals surface area contributed by atoms with Crippen molar-refractivity contribution in [2.75, 3.05) is 20.2 Å². The van der Waals surface area contributed by atoms with Gasteiger partial charge in [-0.2, -0.15) is 0 Å². The Morgan fingerprint density at radius 3 is 2.35 bits per heavy atom. The first-order valence-electron chi connectivity index (χ1n) is 7.27. The number of methoxy groups -OCH3 is 1. The zero-order valence-corrected chi connectivity index (χ0v) is 13.1. The summed E-state index contributed by atoms with van der Waals surface area (Å²) in [5, 5.41) is 13.5. The van der Waals surface area contributed by atoms with Crippen molar-refractivity contribution >= 4 is 6.08 Å². The summed E-state index contributed by atoms with van der Waals surface area (Å²) in [5.41, 5.74) is 1.82. The van der Waals surface area contributed by atoms with Gasteiger partial charge in [0.15, 0.2) is 0 Å². The Hall–Kier alpha value is -1.32. The van der Waals surface area contributed by atoms with Crippen LogP contribution >= 0.6 is 0 Å². The molecule has 112 valence electrons. The molecule has 3 nitrogen and oxygen atoms in total. The summed E-state index contributed by atoms with van der Waals surface area (Å²) in [6.45, 7) is 7.55. The predicted octanol–water partition coefficient (Wildman–Crippen LogP) is 3.24. The highest BCUT2D eigenvalue weighted by atomic mass is 16.5. The lowest BCUT2D eigenvalue weighted by Gasteiger charge is -2.25. The van der Waals surface area contributed by atoms with Crippen LogP contribution in [0.4, 0.5) is 0 Å². The molecule has 2 N–H and O–H groups in total. The lowest BCUT2D eigenvalue weighted by atomic mass is 9.97. The van der Waals surface area contributed by atoms with E-state index in [2.05, 4.69) is 18.3 Å². The Labute approximate surface area is 122 Å². The average Bonchev–Trinajstić information content (AvgIpc) is 2.47. The van der Waals surface area contributed by atoms with E-state index >= 15 is 0 Å². The van der Waals surface area contributed by atoms with E-state index in [4.69, 9.17) is 4.74 Å². The van der Waals surface area contributed by atoms with Crippen molar-refractivity contribution in [3.05, 3.63) is 35.4 Å². The summed E-state index contributed by atoms with van der Waals surface area (Å²) in [5.74, 6) is 0.869. The molecule has 0 spiro atoms. The quantitative estimate of drug-likeness (QED) is 0.766. The lowest BCUT2D eigenvalue weighted by molar-refractivity contribution is 0.0334. The van der Waals surface area contributed by atoms with E-state index < -0.39 is 5.60 Å². The second kappa shape index (κ2) is 8.08. The minimum Gasteiger partial charge on any atom is -0.497 e. The lowest BCUT2D eigenvalue weighted by Crippen LogP contribution is -2.39. The molecule has 0 saturated carbocycles. The van der Waals surface area contributed by atoms with Gasteiger partial charge in [0, 0.05) is 13.1 Å². The molecule has 0 atom stereocenters. The number of rotatable bonds is 8. The van der Waals surface area contributed by atoms with Crippen LogP contribution in [0.15, 0.2) is 29.8 Å². The highest BCUT2D eigenvalue weighted by Crippen LogP contribution is 2.15. The second-order valence-corrected chi connectivity index (χ2v) is 5.30. The third kappa shape index (κ3) is 5.35. The maximum atomic E-state index is 10.2. The summed E-state index contributed by atoms with van der Waals surface area (Å²) in [6.07, 6.45) is 3.69. The molecule has 0 aliphatic heterocycles. The van der Waals surface area contributed by atoms with Gasteiger partial charge in [-0.1, -0.05) is 37.6 Å². The van der Waals surface area contributed by atoms with Gasteiger partial charge in [0.25, 0.3) is 0 Å². The van der Waals surface area contributed by atoms with Gasteiger partial charge >= 0.3 is 0 Å². The van der Waals surface area contributed by atoms with Crippen molar-refractivity contribution in [2.24, 2.45) is 0 Å². The fraction of sp³-hybridized carbons (Fsp3) is 0.529. The molecule has 20 heavy (non-hydrogen) atoms. The first-order chi connectivity index (χ1) is 9.53. The van der Waals surface area contributed by atoms with Crippen LogP contribution in [0.5, 0.6) is 5.75 Å². The van der Waals surface area contributed by atoms with Crippen molar-refractivity contribution in [1.82, 2.24) is 5.32 Å². The average molecular weight is 277 g/mol. The van der Waals surface area contributed by atoms with Crippen molar-refractivity contribution in [3.8, 4) is 5.75 Å². The molecule has 0 unspecified atom stereocenters. The third-order valence-corrected chi connectivity index (χ3v) is 3.70. The molecule has 0 radical (unpaired) electrons. The van der Waals surface area contributed by atoms with E-state index in [0.717, 1.165) is 30.7 Å². The van der Waals surface area contributed by atoms with Gasteiger partial charge in [0.2, 0.25) is 0 Å². The Morgan fingerprint density at radius 1 is 1.25 bits per heavy atom. The Morgan fingerprint density at radius 2 is 1.85 bits per heavy atom. The molecule has 0 fully saturated rings. The molecule has 0 saturated heterocycles. The van der Waals surface area contributed by atoms with Gasteiger partial charge in [-0.15, -0.1) is 0 Å². The molecule has 0 aliphatic carbocycles. The number of aliphatic hydroxyl groups is 1. The summed E-state index contributed by atoms with van der Waals surface area (Å²) in [7, 11) is 1.67. The van der Waals surface area contributed by atoms with Crippen molar-refractivity contribution in [1.29, 1.82) is 0 Å². The van der Waals surface area contributed by atoms with Gasteiger partial charge in [-0.25, -0.2) is 0 Å². The van der Waals surface area contributed by atoms with Crippen LogP contribution in [0.2, 0.25) is 0 Å². The second-order valence-electron chi connectivity index (χ2n) is 5.30. The van der Waals surface area contributed by atoms with Crippen LogP contribution in [0.25, 0.3) is 6.08 Å². The Kier molecular flexibility index (Phi) is 6.76. The van der Waals surface area contributed by atoms with E-state index in [1.54, 1.807) is 7.11 Å². The van der Waals surface area contributed by atoms with Crippen molar-refractivity contribution < 1.29 is 9.84 Å². The SMILES string of the molecule is CCC(O)(CC)CNC/C(C)=C/c1ccc(OC)cc1. The molecule has 0 aliphatic rings. The molecule has 0 amide bonds. The summed E-state index contributed by atoms with van der Waals surface area (Å²) in [6, 6.07) is 7.99. The van der Waals surface area contributed by atoms with E-state index in [0.29, 0.717) is 6.54 Å². The van der Waals surface area contributed by atoms with E-state index in [-0.39, 0.29) is 0 Å². The molecular weight excluding hydrogens is 250 g/mol. The zero-order valence-electron chi connectivity index (χ0n) is 13.1. The monoisotopic (exact) mass is 277 g/mol. The van der Waals surface area contributed by atoms with E-state index in [1.165, 1.54) is 5.57 Å². The van der Waals surface area contributed by atoms with Gasteiger partial charge in [-0.3, -0.25) is 0 Å². The standard InChI is InChI=1S/C17H27NO2/c1-5-17(19,6-2)13-18-12-14(3)11-15-7-9-16(20-4)10-8-15/h7-11,18-19H,5-6,12-13H2,1-4H3/b14-11+. The van der Waals surface area contributed by atoms with Crippen LogP contribution in [-0.4, -0.2) is 30.9 Å². The normalized spacial score (nSPS) is 12.6. The first-order valence-corrected chi connectivity index (χ1v) is 7.27. The fourth-order valence-electron chi connectivity index (χ4n) is 2.03. The Bertz CT molecular complexity index is 419. The van der Waals surface area contributed by atoms with Gasteiger partial charge < -0.3 is 15.2 Å². The number of ether oxygens (including phenoxy) is 1. The number of hydrogen-bond donors (Lipinski definition) is 2. The van der Waals surface area contributed by atoms with Crippen LogP contribution in [-0.2, 0) is 0 Å². The largest absolute Gasteiger partial charge is 0.497 e. The summed E-state index contributed by atoms with van der Waals surface area (Å²) >= 11 is 0. The maximum absolute atomic E-state index is 10.2. The minimum absolute atomic E-state index is 0.583. The summed E-state index contributed by atoms with van der Waals surface area (Å²) in [4.78, 5) is 0. The molecule has 1 rings (SSSR count). The number of nitrogens with one attached hydrogen (secondary N) is 1.